The first kappa shape index (κ1) is 14.5. The standard InChI is InChI=1S/C12H17N5O2S/c1-3-13-12-11(5-4-6-14-12)20(18,19)17-9(2)10-7-15-16-8-10/h4-9,17H,3H2,1-2H3,(H,13,14)(H,15,16). The van der Waals surface area contributed by atoms with E-state index in [0.717, 1.165) is 5.56 Å². The maximum Gasteiger partial charge on any atom is 0.244 e. The summed E-state index contributed by atoms with van der Waals surface area (Å²) in [5.41, 5.74) is 0.766. The number of pyridine rings is 1. The molecule has 0 radical (unpaired) electrons. The molecule has 0 saturated heterocycles. The topological polar surface area (TPSA) is 99.8 Å². The predicted molar refractivity (Wildman–Crippen MR) is 75.7 cm³/mol. The Morgan fingerprint density at radius 2 is 2.25 bits per heavy atom. The number of nitrogens with zero attached hydrogens (tertiary/aromatic N) is 2. The van der Waals surface area contributed by atoms with Crippen LogP contribution in [0, 0.1) is 0 Å². The number of aromatic nitrogens is 3. The van der Waals surface area contributed by atoms with Crippen LogP contribution in [0.25, 0.3) is 0 Å². The summed E-state index contributed by atoms with van der Waals surface area (Å²) in [5.74, 6) is 0.349. The maximum absolute atomic E-state index is 12.4. The van der Waals surface area contributed by atoms with Crippen molar-refractivity contribution in [3.05, 3.63) is 36.3 Å². The van der Waals surface area contributed by atoms with Gasteiger partial charge in [0.15, 0.2) is 0 Å². The van der Waals surface area contributed by atoms with Gasteiger partial charge in [-0.25, -0.2) is 18.1 Å². The molecule has 0 spiro atoms. The van der Waals surface area contributed by atoms with E-state index in [9.17, 15) is 8.42 Å². The van der Waals surface area contributed by atoms with Crippen molar-refractivity contribution in [2.24, 2.45) is 0 Å². The molecule has 0 aliphatic heterocycles. The van der Waals surface area contributed by atoms with Crippen LogP contribution in [-0.2, 0) is 10.0 Å². The number of sulfonamides is 1. The van der Waals surface area contributed by atoms with Crippen molar-refractivity contribution in [1.29, 1.82) is 0 Å². The van der Waals surface area contributed by atoms with Crippen LogP contribution in [0.4, 0.5) is 5.82 Å². The van der Waals surface area contributed by atoms with Gasteiger partial charge in [-0.2, -0.15) is 5.10 Å². The van der Waals surface area contributed by atoms with Gasteiger partial charge in [-0.3, -0.25) is 5.10 Å². The number of aromatic amines is 1. The Kier molecular flexibility index (Phi) is 4.35. The van der Waals surface area contributed by atoms with Crippen LogP contribution in [-0.4, -0.2) is 30.1 Å². The van der Waals surface area contributed by atoms with Crippen LogP contribution in [0.3, 0.4) is 0 Å². The molecule has 7 nitrogen and oxygen atoms in total. The lowest BCUT2D eigenvalue weighted by atomic mass is 10.2. The summed E-state index contributed by atoms with van der Waals surface area (Å²) < 4.78 is 27.4. The zero-order chi connectivity index (χ0) is 14.6. The fourth-order valence-corrected chi connectivity index (χ4v) is 3.14. The van der Waals surface area contributed by atoms with Gasteiger partial charge in [0, 0.05) is 30.5 Å². The molecule has 3 N–H and O–H groups in total. The van der Waals surface area contributed by atoms with Crippen molar-refractivity contribution in [1.82, 2.24) is 19.9 Å². The van der Waals surface area contributed by atoms with Crippen molar-refractivity contribution < 1.29 is 8.42 Å². The lowest BCUT2D eigenvalue weighted by Gasteiger charge is -2.15. The van der Waals surface area contributed by atoms with E-state index in [1.165, 1.54) is 6.07 Å². The first-order chi connectivity index (χ1) is 9.54. The number of H-pyrrole nitrogens is 1. The molecule has 2 heterocycles. The van der Waals surface area contributed by atoms with Crippen LogP contribution in [0.15, 0.2) is 35.6 Å². The van der Waals surface area contributed by atoms with E-state index in [2.05, 4.69) is 25.2 Å². The molecule has 1 atom stereocenters. The van der Waals surface area contributed by atoms with Gasteiger partial charge in [0.25, 0.3) is 0 Å². The molecular weight excluding hydrogens is 278 g/mol. The first-order valence-electron chi connectivity index (χ1n) is 6.24. The third-order valence-electron chi connectivity index (χ3n) is 2.76. The van der Waals surface area contributed by atoms with Gasteiger partial charge in [0.1, 0.15) is 10.7 Å². The maximum atomic E-state index is 12.4. The number of anilines is 1. The number of rotatable bonds is 6. The molecule has 2 aromatic rings. The minimum atomic E-state index is -3.66. The molecule has 8 heteroatoms. The second kappa shape index (κ2) is 6.02. The highest BCUT2D eigenvalue weighted by atomic mass is 32.2. The monoisotopic (exact) mass is 295 g/mol. The molecule has 2 rings (SSSR count). The summed E-state index contributed by atoms with van der Waals surface area (Å²) in [6.45, 7) is 4.23. The number of hydrogen-bond donors (Lipinski definition) is 3. The van der Waals surface area contributed by atoms with Crippen molar-refractivity contribution in [2.75, 3.05) is 11.9 Å². The summed E-state index contributed by atoms with van der Waals surface area (Å²) in [5, 5.41) is 9.41. The summed E-state index contributed by atoms with van der Waals surface area (Å²) >= 11 is 0. The summed E-state index contributed by atoms with van der Waals surface area (Å²) in [4.78, 5) is 4.19. The van der Waals surface area contributed by atoms with Crippen molar-refractivity contribution >= 4 is 15.8 Å². The van der Waals surface area contributed by atoms with Gasteiger partial charge in [-0.05, 0) is 26.0 Å². The van der Waals surface area contributed by atoms with E-state index in [1.807, 2.05) is 6.92 Å². The number of hydrogen-bond acceptors (Lipinski definition) is 5. The van der Waals surface area contributed by atoms with Gasteiger partial charge in [0.05, 0.1) is 6.20 Å². The predicted octanol–water partition coefficient (Wildman–Crippen LogP) is 1.28. The Labute approximate surface area is 117 Å². The molecule has 0 aromatic carbocycles. The van der Waals surface area contributed by atoms with Gasteiger partial charge in [-0.1, -0.05) is 0 Å². The van der Waals surface area contributed by atoms with E-state index in [-0.39, 0.29) is 10.9 Å². The van der Waals surface area contributed by atoms with Crippen LogP contribution in [0.2, 0.25) is 0 Å². The molecular formula is C12H17N5O2S. The van der Waals surface area contributed by atoms with Crippen molar-refractivity contribution in [3.63, 3.8) is 0 Å². The van der Waals surface area contributed by atoms with Crippen LogP contribution >= 0.6 is 0 Å². The smallest absolute Gasteiger partial charge is 0.244 e. The quantitative estimate of drug-likeness (QED) is 0.745. The summed E-state index contributed by atoms with van der Waals surface area (Å²) in [6, 6.07) is 2.74. The molecule has 108 valence electrons. The average molecular weight is 295 g/mol. The van der Waals surface area contributed by atoms with E-state index in [1.54, 1.807) is 31.6 Å². The largest absolute Gasteiger partial charge is 0.369 e. The highest BCUT2D eigenvalue weighted by molar-refractivity contribution is 7.89. The molecule has 20 heavy (non-hydrogen) atoms. The molecule has 0 amide bonds. The minimum Gasteiger partial charge on any atom is -0.369 e. The Balaban J connectivity index is 2.27. The first-order valence-corrected chi connectivity index (χ1v) is 7.73. The lowest BCUT2D eigenvalue weighted by molar-refractivity contribution is 0.567. The number of nitrogens with one attached hydrogen (secondary N) is 3. The fraction of sp³-hybridized carbons (Fsp3) is 0.333. The normalized spacial score (nSPS) is 13.1. The lowest BCUT2D eigenvalue weighted by Crippen LogP contribution is -2.27. The van der Waals surface area contributed by atoms with Gasteiger partial charge >= 0.3 is 0 Å². The van der Waals surface area contributed by atoms with Crippen LogP contribution in [0.1, 0.15) is 25.5 Å². The molecule has 1 unspecified atom stereocenters. The highest BCUT2D eigenvalue weighted by Crippen LogP contribution is 2.20. The molecule has 0 aliphatic rings. The Bertz CT molecular complexity index is 654. The van der Waals surface area contributed by atoms with Gasteiger partial charge in [0.2, 0.25) is 10.0 Å². The summed E-state index contributed by atoms with van der Waals surface area (Å²) in [6.07, 6.45) is 4.79. The van der Waals surface area contributed by atoms with Crippen molar-refractivity contribution in [3.8, 4) is 0 Å². The molecule has 2 aromatic heterocycles. The second-order valence-corrected chi connectivity index (χ2v) is 5.94. The van der Waals surface area contributed by atoms with Gasteiger partial charge < -0.3 is 5.32 Å². The molecule has 0 bridgehead atoms. The minimum absolute atomic E-state index is 0.136. The molecule has 0 fully saturated rings. The average Bonchev–Trinajstić information content (AvgIpc) is 2.93. The Morgan fingerprint density at radius 3 is 2.90 bits per heavy atom. The van der Waals surface area contributed by atoms with Crippen LogP contribution in [0.5, 0.6) is 0 Å². The van der Waals surface area contributed by atoms with E-state index in [4.69, 9.17) is 0 Å². The highest BCUT2D eigenvalue weighted by Gasteiger charge is 2.22. The SMILES string of the molecule is CCNc1ncccc1S(=O)(=O)NC(C)c1cn[nH]c1. The van der Waals surface area contributed by atoms with E-state index in [0.29, 0.717) is 12.4 Å². The zero-order valence-corrected chi connectivity index (χ0v) is 12.1. The zero-order valence-electron chi connectivity index (χ0n) is 11.3. The Hall–Kier alpha value is -1.93. The van der Waals surface area contributed by atoms with E-state index < -0.39 is 10.0 Å². The third-order valence-corrected chi connectivity index (χ3v) is 4.33. The third kappa shape index (κ3) is 3.14. The molecule has 0 aliphatic carbocycles. The Morgan fingerprint density at radius 1 is 1.45 bits per heavy atom. The van der Waals surface area contributed by atoms with Gasteiger partial charge in [-0.15, -0.1) is 0 Å². The molecule has 0 saturated carbocycles. The summed E-state index contributed by atoms with van der Waals surface area (Å²) in [7, 11) is -3.66. The van der Waals surface area contributed by atoms with Crippen LogP contribution < -0.4 is 10.0 Å². The fourth-order valence-electron chi connectivity index (χ4n) is 1.77. The van der Waals surface area contributed by atoms with Crippen molar-refractivity contribution in [2.45, 2.75) is 24.8 Å². The second-order valence-electron chi connectivity index (χ2n) is 4.26. The van der Waals surface area contributed by atoms with E-state index >= 15 is 0 Å².